The van der Waals surface area contributed by atoms with Crippen molar-refractivity contribution < 1.29 is 9.90 Å². The zero-order chi connectivity index (χ0) is 13.2. The van der Waals surface area contributed by atoms with Crippen LogP contribution in [0.2, 0.25) is 0 Å². The lowest BCUT2D eigenvalue weighted by atomic mass is 10.0. The maximum atomic E-state index is 11.9. The van der Waals surface area contributed by atoms with E-state index in [1.165, 1.54) is 10.6 Å². The molecule has 1 aromatic rings. The van der Waals surface area contributed by atoms with Gasteiger partial charge in [0.25, 0.3) is 11.5 Å². The number of aromatic nitrogens is 1. The first kappa shape index (κ1) is 12.8. The quantitative estimate of drug-likeness (QED) is 0.816. The zero-order valence-electron chi connectivity index (χ0n) is 10.5. The third-order valence-corrected chi connectivity index (χ3v) is 3.48. The summed E-state index contributed by atoms with van der Waals surface area (Å²) in [5, 5.41) is 12.8. The van der Waals surface area contributed by atoms with E-state index in [4.69, 9.17) is 0 Å². The Hall–Kier alpha value is -1.62. The van der Waals surface area contributed by atoms with E-state index in [0.717, 1.165) is 12.8 Å². The molecule has 0 unspecified atom stereocenters. The average Bonchev–Trinajstić information content (AvgIpc) is 2.77. The van der Waals surface area contributed by atoms with Gasteiger partial charge in [-0.3, -0.25) is 9.59 Å². The van der Waals surface area contributed by atoms with Crippen molar-refractivity contribution >= 4 is 5.91 Å². The number of carbonyl (C=O) groups is 1. The van der Waals surface area contributed by atoms with Crippen LogP contribution in [0.1, 0.15) is 36.0 Å². The third kappa shape index (κ3) is 2.61. The summed E-state index contributed by atoms with van der Waals surface area (Å²) in [5.41, 5.74) is -1.01. The van der Waals surface area contributed by atoms with Crippen molar-refractivity contribution in [2.75, 3.05) is 6.54 Å². The summed E-state index contributed by atoms with van der Waals surface area (Å²) in [6, 6.07) is 3.15. The van der Waals surface area contributed by atoms with Crippen molar-refractivity contribution in [2.45, 2.75) is 31.3 Å². The minimum Gasteiger partial charge on any atom is -0.388 e. The SMILES string of the molecule is Cn1cccc(C(=O)NCC2(O)CCCC2)c1=O. The van der Waals surface area contributed by atoms with Gasteiger partial charge in [-0.1, -0.05) is 12.8 Å². The first-order valence-electron chi connectivity index (χ1n) is 6.18. The Bertz CT molecular complexity index is 501. The third-order valence-electron chi connectivity index (χ3n) is 3.48. The summed E-state index contributed by atoms with van der Waals surface area (Å²) >= 11 is 0. The van der Waals surface area contributed by atoms with Crippen LogP contribution in [0.4, 0.5) is 0 Å². The Morgan fingerprint density at radius 1 is 1.50 bits per heavy atom. The smallest absolute Gasteiger partial charge is 0.263 e. The van der Waals surface area contributed by atoms with Crippen LogP contribution >= 0.6 is 0 Å². The maximum Gasteiger partial charge on any atom is 0.263 e. The Kier molecular flexibility index (Phi) is 3.52. The van der Waals surface area contributed by atoms with Crippen LogP contribution in [0.5, 0.6) is 0 Å². The van der Waals surface area contributed by atoms with E-state index in [0.29, 0.717) is 12.8 Å². The molecule has 0 spiro atoms. The number of nitrogens with one attached hydrogen (secondary N) is 1. The first-order chi connectivity index (χ1) is 8.52. The Morgan fingerprint density at radius 2 is 2.17 bits per heavy atom. The molecule has 0 aromatic carbocycles. The molecule has 98 valence electrons. The summed E-state index contributed by atoms with van der Waals surface area (Å²) < 4.78 is 1.36. The molecule has 0 atom stereocenters. The van der Waals surface area contributed by atoms with E-state index in [1.54, 1.807) is 19.3 Å². The topological polar surface area (TPSA) is 71.3 Å². The molecule has 1 saturated carbocycles. The molecule has 1 aromatic heterocycles. The normalized spacial score (nSPS) is 17.7. The highest BCUT2D eigenvalue weighted by atomic mass is 16.3. The van der Waals surface area contributed by atoms with Gasteiger partial charge in [0.2, 0.25) is 0 Å². The Balaban J connectivity index is 2.04. The van der Waals surface area contributed by atoms with Crippen LogP contribution in [0, 0.1) is 0 Å². The number of hydrogen-bond acceptors (Lipinski definition) is 3. The van der Waals surface area contributed by atoms with E-state index in [9.17, 15) is 14.7 Å². The van der Waals surface area contributed by atoms with Crippen molar-refractivity contribution in [3.8, 4) is 0 Å². The lowest BCUT2D eigenvalue weighted by Crippen LogP contribution is -2.42. The van der Waals surface area contributed by atoms with Crippen molar-refractivity contribution in [1.29, 1.82) is 0 Å². The number of aliphatic hydroxyl groups is 1. The number of aryl methyl sites for hydroxylation is 1. The molecule has 1 heterocycles. The van der Waals surface area contributed by atoms with Crippen LogP contribution in [-0.2, 0) is 7.05 Å². The van der Waals surface area contributed by atoms with Crippen LogP contribution in [0.25, 0.3) is 0 Å². The van der Waals surface area contributed by atoms with Crippen molar-refractivity contribution in [3.05, 3.63) is 34.2 Å². The molecule has 0 saturated heterocycles. The second-order valence-electron chi connectivity index (χ2n) is 4.95. The van der Waals surface area contributed by atoms with Crippen molar-refractivity contribution in [1.82, 2.24) is 9.88 Å². The minimum absolute atomic E-state index is 0.113. The van der Waals surface area contributed by atoms with E-state index in [2.05, 4.69) is 5.32 Å². The van der Waals surface area contributed by atoms with Crippen LogP contribution in [-0.4, -0.2) is 27.7 Å². The Morgan fingerprint density at radius 3 is 2.83 bits per heavy atom. The molecule has 5 nitrogen and oxygen atoms in total. The minimum atomic E-state index is -0.796. The summed E-state index contributed by atoms with van der Waals surface area (Å²) in [6.07, 6.45) is 4.99. The van der Waals surface area contributed by atoms with Gasteiger partial charge in [0.15, 0.2) is 0 Å². The summed E-state index contributed by atoms with van der Waals surface area (Å²) in [4.78, 5) is 23.6. The molecule has 0 bridgehead atoms. The zero-order valence-corrected chi connectivity index (χ0v) is 10.5. The number of nitrogens with zero attached hydrogens (tertiary/aromatic N) is 1. The molecular formula is C13H18N2O3. The molecular weight excluding hydrogens is 232 g/mol. The molecule has 1 amide bonds. The monoisotopic (exact) mass is 250 g/mol. The molecule has 18 heavy (non-hydrogen) atoms. The molecule has 1 aliphatic rings. The lowest BCUT2D eigenvalue weighted by molar-refractivity contribution is 0.0449. The standard InChI is InChI=1S/C13H18N2O3/c1-15-8-4-5-10(12(15)17)11(16)14-9-13(18)6-2-3-7-13/h4-5,8,18H,2-3,6-7,9H2,1H3,(H,14,16). The highest BCUT2D eigenvalue weighted by molar-refractivity contribution is 5.93. The first-order valence-corrected chi connectivity index (χ1v) is 6.18. The van der Waals surface area contributed by atoms with Gasteiger partial charge in [-0.2, -0.15) is 0 Å². The number of pyridine rings is 1. The number of rotatable bonds is 3. The maximum absolute atomic E-state index is 11.9. The summed E-state index contributed by atoms with van der Waals surface area (Å²) in [6.45, 7) is 0.212. The van der Waals surface area contributed by atoms with E-state index < -0.39 is 11.5 Å². The second kappa shape index (κ2) is 4.94. The van der Waals surface area contributed by atoms with E-state index in [1.807, 2.05) is 0 Å². The average molecular weight is 250 g/mol. The second-order valence-corrected chi connectivity index (χ2v) is 4.95. The number of hydrogen-bond donors (Lipinski definition) is 2. The predicted molar refractivity (Wildman–Crippen MR) is 67.4 cm³/mol. The number of amides is 1. The van der Waals surface area contributed by atoms with Gasteiger partial charge in [-0.05, 0) is 25.0 Å². The van der Waals surface area contributed by atoms with Gasteiger partial charge in [0.1, 0.15) is 5.56 Å². The fourth-order valence-electron chi connectivity index (χ4n) is 2.32. The molecule has 2 N–H and O–H groups in total. The molecule has 5 heteroatoms. The molecule has 1 aliphatic carbocycles. The van der Waals surface area contributed by atoms with Gasteiger partial charge < -0.3 is 15.0 Å². The van der Waals surface area contributed by atoms with Gasteiger partial charge >= 0.3 is 0 Å². The number of carbonyl (C=O) groups excluding carboxylic acids is 1. The van der Waals surface area contributed by atoms with Gasteiger partial charge in [-0.15, -0.1) is 0 Å². The van der Waals surface area contributed by atoms with Crippen LogP contribution < -0.4 is 10.9 Å². The molecule has 2 rings (SSSR count). The molecule has 0 radical (unpaired) electrons. The van der Waals surface area contributed by atoms with Crippen molar-refractivity contribution in [3.63, 3.8) is 0 Å². The fourth-order valence-corrected chi connectivity index (χ4v) is 2.32. The Labute approximate surface area is 105 Å². The van der Waals surface area contributed by atoms with Crippen LogP contribution in [0.15, 0.2) is 23.1 Å². The van der Waals surface area contributed by atoms with E-state index >= 15 is 0 Å². The van der Waals surface area contributed by atoms with E-state index in [-0.39, 0.29) is 17.7 Å². The van der Waals surface area contributed by atoms with Crippen LogP contribution in [0.3, 0.4) is 0 Å². The van der Waals surface area contributed by atoms with Gasteiger partial charge in [0.05, 0.1) is 5.60 Å². The largest absolute Gasteiger partial charge is 0.388 e. The molecule has 0 aliphatic heterocycles. The summed E-state index contributed by atoms with van der Waals surface area (Å²) in [5.74, 6) is -0.420. The fraction of sp³-hybridized carbons (Fsp3) is 0.538. The highest BCUT2D eigenvalue weighted by Crippen LogP contribution is 2.28. The summed E-state index contributed by atoms with van der Waals surface area (Å²) in [7, 11) is 1.60. The molecule has 1 fully saturated rings. The van der Waals surface area contributed by atoms with Gasteiger partial charge in [0, 0.05) is 19.8 Å². The predicted octanol–water partition coefficient (Wildman–Crippen LogP) is 0.420. The lowest BCUT2D eigenvalue weighted by Gasteiger charge is -2.22. The highest BCUT2D eigenvalue weighted by Gasteiger charge is 2.31. The van der Waals surface area contributed by atoms with Gasteiger partial charge in [-0.25, -0.2) is 0 Å². The van der Waals surface area contributed by atoms with Crippen molar-refractivity contribution in [2.24, 2.45) is 7.05 Å².